The van der Waals surface area contributed by atoms with Crippen molar-refractivity contribution >= 4 is 34.5 Å². The molecule has 2 aromatic heterocycles. The van der Waals surface area contributed by atoms with E-state index >= 15 is 0 Å². The van der Waals surface area contributed by atoms with E-state index < -0.39 is 5.82 Å². The molecule has 3 rings (SSSR count). The minimum Gasteiger partial charge on any atom is -0.326 e. The van der Waals surface area contributed by atoms with Gasteiger partial charge in [0.1, 0.15) is 12.1 Å². The van der Waals surface area contributed by atoms with Crippen LogP contribution in [0.2, 0.25) is 5.02 Å². The van der Waals surface area contributed by atoms with Crippen LogP contribution >= 0.6 is 22.9 Å². The first kappa shape index (κ1) is 19.5. The SMILES string of the molecule is C[C@H](C[C@H](N)c1ccc(-c2ncn(C)n2)s1)C(=O)Nc1ccc(F)c(Cl)c1. The number of amides is 1. The Hall–Kier alpha value is -2.29. The van der Waals surface area contributed by atoms with Gasteiger partial charge in [-0.2, -0.15) is 5.10 Å². The van der Waals surface area contributed by atoms with Crippen LogP contribution in [0.25, 0.3) is 10.7 Å². The van der Waals surface area contributed by atoms with Gasteiger partial charge < -0.3 is 11.1 Å². The average Bonchev–Trinajstić information content (AvgIpc) is 3.27. The molecule has 0 radical (unpaired) electrons. The fourth-order valence-electron chi connectivity index (χ4n) is 2.57. The van der Waals surface area contributed by atoms with Crippen LogP contribution in [0.15, 0.2) is 36.7 Å². The predicted molar refractivity (Wildman–Crippen MR) is 105 cm³/mol. The molecule has 142 valence electrons. The molecular formula is C18H19ClFN5OS. The summed E-state index contributed by atoms with van der Waals surface area (Å²) < 4.78 is 14.9. The summed E-state index contributed by atoms with van der Waals surface area (Å²) in [5, 5.41) is 6.98. The molecule has 0 saturated heterocycles. The van der Waals surface area contributed by atoms with Crippen molar-refractivity contribution in [2.45, 2.75) is 19.4 Å². The molecule has 0 fully saturated rings. The molecule has 2 atom stereocenters. The molecule has 3 aromatic rings. The lowest BCUT2D eigenvalue weighted by Crippen LogP contribution is -2.24. The molecule has 0 spiro atoms. The number of nitrogens with two attached hydrogens (primary N) is 1. The standard InChI is InChI=1S/C18H19ClFN5OS/c1-10(18(26)23-11-3-4-13(20)12(19)8-11)7-14(21)15-5-6-16(27-15)17-22-9-25(2)24-17/h3-6,8-10,14H,7,21H2,1-2H3,(H,23,26)/t10-,14+/m1/s1. The molecule has 0 bridgehead atoms. The highest BCUT2D eigenvalue weighted by molar-refractivity contribution is 7.15. The van der Waals surface area contributed by atoms with Gasteiger partial charge in [0.05, 0.1) is 9.90 Å². The Morgan fingerprint density at radius 1 is 1.41 bits per heavy atom. The summed E-state index contributed by atoms with van der Waals surface area (Å²) >= 11 is 7.25. The van der Waals surface area contributed by atoms with E-state index in [2.05, 4.69) is 15.4 Å². The summed E-state index contributed by atoms with van der Waals surface area (Å²) in [6, 6.07) is 7.65. The van der Waals surface area contributed by atoms with E-state index in [-0.39, 0.29) is 22.9 Å². The summed E-state index contributed by atoms with van der Waals surface area (Å²) in [7, 11) is 1.81. The lowest BCUT2D eigenvalue weighted by molar-refractivity contribution is -0.119. The van der Waals surface area contributed by atoms with E-state index in [1.54, 1.807) is 17.9 Å². The van der Waals surface area contributed by atoms with Crippen molar-refractivity contribution in [3.05, 3.63) is 52.4 Å². The van der Waals surface area contributed by atoms with Gasteiger partial charge in [0, 0.05) is 29.6 Å². The Morgan fingerprint density at radius 2 is 2.19 bits per heavy atom. The number of aromatic nitrogens is 3. The molecule has 2 heterocycles. The minimum atomic E-state index is -0.527. The third-order valence-electron chi connectivity index (χ3n) is 4.05. The molecule has 1 amide bonds. The highest BCUT2D eigenvalue weighted by Gasteiger charge is 2.20. The van der Waals surface area contributed by atoms with E-state index in [4.69, 9.17) is 17.3 Å². The number of hydrogen-bond acceptors (Lipinski definition) is 5. The van der Waals surface area contributed by atoms with Crippen LogP contribution < -0.4 is 11.1 Å². The summed E-state index contributed by atoms with van der Waals surface area (Å²) in [6.45, 7) is 1.80. The largest absolute Gasteiger partial charge is 0.326 e. The molecule has 9 heteroatoms. The van der Waals surface area contributed by atoms with Crippen molar-refractivity contribution in [3.63, 3.8) is 0 Å². The second-order valence-electron chi connectivity index (χ2n) is 6.31. The number of halogens is 2. The molecule has 0 aliphatic carbocycles. The number of carbonyl (C=O) groups is 1. The van der Waals surface area contributed by atoms with Gasteiger partial charge in [-0.1, -0.05) is 18.5 Å². The normalized spacial score (nSPS) is 13.4. The molecule has 0 unspecified atom stereocenters. The van der Waals surface area contributed by atoms with Crippen LogP contribution in [0.1, 0.15) is 24.3 Å². The van der Waals surface area contributed by atoms with Crippen LogP contribution in [0.3, 0.4) is 0 Å². The molecular weight excluding hydrogens is 389 g/mol. The molecule has 0 aliphatic heterocycles. The van der Waals surface area contributed by atoms with E-state index in [1.807, 2.05) is 19.2 Å². The van der Waals surface area contributed by atoms with E-state index in [0.717, 1.165) is 9.75 Å². The molecule has 3 N–H and O–H groups in total. The first-order valence-electron chi connectivity index (χ1n) is 8.30. The zero-order valence-corrected chi connectivity index (χ0v) is 16.4. The topological polar surface area (TPSA) is 85.8 Å². The average molecular weight is 408 g/mol. The van der Waals surface area contributed by atoms with Gasteiger partial charge in [-0.05, 0) is 36.8 Å². The van der Waals surface area contributed by atoms with Crippen LogP contribution in [0.4, 0.5) is 10.1 Å². The minimum absolute atomic E-state index is 0.0357. The molecule has 27 heavy (non-hydrogen) atoms. The van der Waals surface area contributed by atoms with Crippen molar-refractivity contribution in [3.8, 4) is 10.7 Å². The maximum atomic E-state index is 13.2. The van der Waals surface area contributed by atoms with Crippen molar-refractivity contribution in [1.29, 1.82) is 0 Å². The monoisotopic (exact) mass is 407 g/mol. The zero-order valence-electron chi connectivity index (χ0n) is 14.8. The Morgan fingerprint density at radius 3 is 2.85 bits per heavy atom. The number of nitrogens with zero attached hydrogens (tertiary/aromatic N) is 3. The summed E-state index contributed by atoms with van der Waals surface area (Å²) in [6.07, 6.45) is 2.11. The van der Waals surface area contributed by atoms with Gasteiger partial charge in [-0.25, -0.2) is 9.37 Å². The number of anilines is 1. The molecule has 1 aromatic carbocycles. The van der Waals surface area contributed by atoms with Gasteiger partial charge in [-0.3, -0.25) is 9.48 Å². The van der Waals surface area contributed by atoms with Crippen molar-refractivity contribution in [2.24, 2.45) is 18.7 Å². The molecule has 0 aliphatic rings. The zero-order chi connectivity index (χ0) is 19.6. The Balaban J connectivity index is 1.61. The number of nitrogens with one attached hydrogen (secondary N) is 1. The highest BCUT2D eigenvalue weighted by Crippen LogP contribution is 2.31. The Bertz CT molecular complexity index is 957. The van der Waals surface area contributed by atoms with Crippen LogP contribution in [0, 0.1) is 11.7 Å². The van der Waals surface area contributed by atoms with E-state index in [1.165, 1.54) is 29.5 Å². The quantitative estimate of drug-likeness (QED) is 0.646. The van der Waals surface area contributed by atoms with Crippen LogP contribution in [0.5, 0.6) is 0 Å². The lowest BCUT2D eigenvalue weighted by Gasteiger charge is -2.16. The highest BCUT2D eigenvalue weighted by atomic mass is 35.5. The first-order valence-corrected chi connectivity index (χ1v) is 9.50. The fourth-order valence-corrected chi connectivity index (χ4v) is 3.71. The summed E-state index contributed by atoms with van der Waals surface area (Å²) in [5.74, 6) is -0.404. The third kappa shape index (κ3) is 4.71. The van der Waals surface area contributed by atoms with E-state index in [9.17, 15) is 9.18 Å². The lowest BCUT2D eigenvalue weighted by atomic mass is 10.0. The predicted octanol–water partition coefficient (Wildman–Crippen LogP) is 4.00. The Labute approximate surface area is 165 Å². The number of thiophene rings is 1. The number of benzene rings is 1. The second kappa shape index (κ2) is 8.16. The van der Waals surface area contributed by atoms with Gasteiger partial charge in [0.15, 0.2) is 5.82 Å². The number of rotatable bonds is 6. The van der Waals surface area contributed by atoms with Gasteiger partial charge in [0.25, 0.3) is 0 Å². The van der Waals surface area contributed by atoms with Crippen LogP contribution in [-0.2, 0) is 11.8 Å². The Kier molecular flexibility index (Phi) is 5.88. The first-order chi connectivity index (χ1) is 12.8. The smallest absolute Gasteiger partial charge is 0.227 e. The van der Waals surface area contributed by atoms with Gasteiger partial charge in [0.2, 0.25) is 5.91 Å². The number of aryl methyl sites for hydroxylation is 1. The maximum Gasteiger partial charge on any atom is 0.227 e. The molecule has 0 saturated carbocycles. The summed E-state index contributed by atoms with van der Waals surface area (Å²) in [5.41, 5.74) is 6.73. The van der Waals surface area contributed by atoms with E-state index in [0.29, 0.717) is 17.9 Å². The maximum absolute atomic E-state index is 13.2. The van der Waals surface area contributed by atoms with Crippen molar-refractivity contribution < 1.29 is 9.18 Å². The van der Waals surface area contributed by atoms with Gasteiger partial charge >= 0.3 is 0 Å². The second-order valence-corrected chi connectivity index (χ2v) is 7.83. The fraction of sp³-hybridized carbons (Fsp3) is 0.278. The molecule has 6 nitrogen and oxygen atoms in total. The van der Waals surface area contributed by atoms with Crippen molar-refractivity contribution in [1.82, 2.24) is 14.8 Å². The third-order valence-corrected chi connectivity index (χ3v) is 5.56. The summed E-state index contributed by atoms with van der Waals surface area (Å²) in [4.78, 5) is 18.5. The van der Waals surface area contributed by atoms with Crippen molar-refractivity contribution in [2.75, 3.05) is 5.32 Å². The van der Waals surface area contributed by atoms with Gasteiger partial charge in [-0.15, -0.1) is 11.3 Å². The van der Waals surface area contributed by atoms with Crippen LogP contribution in [-0.4, -0.2) is 20.7 Å². The number of hydrogen-bond donors (Lipinski definition) is 2. The number of carbonyl (C=O) groups excluding carboxylic acids is 1.